The fraction of sp³-hybridized carbons (Fsp3) is 0.882. The summed E-state index contributed by atoms with van der Waals surface area (Å²) in [5, 5.41) is 0. The lowest BCUT2D eigenvalue weighted by atomic mass is 10.4. The maximum absolute atomic E-state index is 12.1. The smallest absolute Gasteiger partial charge is 0.339 e. The lowest BCUT2D eigenvalue weighted by Crippen LogP contribution is -2.49. The minimum Gasteiger partial charge on any atom is -0.379 e. The SMILES string of the molecule is CCCOCCOCC(=O)[N+](C)(C)CCOCCCOCC(C)=O. The van der Waals surface area contributed by atoms with Crippen LogP contribution in [0.25, 0.3) is 0 Å². The second-order valence-corrected chi connectivity index (χ2v) is 6.19. The van der Waals surface area contributed by atoms with Gasteiger partial charge in [-0.3, -0.25) is 9.28 Å². The average Bonchev–Trinajstić information content (AvgIpc) is 2.52. The molecule has 0 heterocycles. The van der Waals surface area contributed by atoms with Crippen molar-refractivity contribution in [3.63, 3.8) is 0 Å². The molecule has 0 bridgehead atoms. The van der Waals surface area contributed by atoms with Crippen LogP contribution >= 0.6 is 0 Å². The van der Waals surface area contributed by atoms with Crippen LogP contribution in [0, 0.1) is 0 Å². The number of carbonyl (C=O) groups is 2. The van der Waals surface area contributed by atoms with E-state index in [9.17, 15) is 9.59 Å². The Bertz CT molecular complexity index is 346. The number of carbonyl (C=O) groups excluding carboxylic acids is 2. The van der Waals surface area contributed by atoms with Gasteiger partial charge >= 0.3 is 5.91 Å². The van der Waals surface area contributed by atoms with E-state index in [-0.39, 0.29) is 29.4 Å². The number of rotatable bonds is 16. The molecule has 0 radical (unpaired) electrons. The van der Waals surface area contributed by atoms with Crippen LogP contribution in [0.4, 0.5) is 0 Å². The molecule has 7 nitrogen and oxygen atoms in total. The molecule has 0 saturated carbocycles. The molecule has 0 aromatic carbocycles. The predicted octanol–water partition coefficient (Wildman–Crippen LogP) is 1.04. The maximum Gasteiger partial charge on any atom is 0.339 e. The molecule has 0 N–H and O–H groups in total. The minimum atomic E-state index is 0.0129. The van der Waals surface area contributed by atoms with Crippen LogP contribution in [-0.4, -0.2) is 89.7 Å². The summed E-state index contributed by atoms with van der Waals surface area (Å²) in [6.07, 6.45) is 1.71. The minimum absolute atomic E-state index is 0.0129. The Labute approximate surface area is 145 Å². The Hall–Kier alpha value is -0.860. The lowest BCUT2D eigenvalue weighted by Gasteiger charge is -2.26. The average molecular weight is 348 g/mol. The van der Waals surface area contributed by atoms with E-state index in [0.717, 1.165) is 19.4 Å². The van der Waals surface area contributed by atoms with E-state index in [0.29, 0.717) is 39.6 Å². The van der Waals surface area contributed by atoms with E-state index in [2.05, 4.69) is 0 Å². The lowest BCUT2D eigenvalue weighted by molar-refractivity contribution is -0.815. The van der Waals surface area contributed by atoms with Gasteiger partial charge in [0.15, 0.2) is 12.4 Å². The summed E-state index contributed by atoms with van der Waals surface area (Å²) < 4.78 is 21.5. The number of likely N-dealkylation sites (N-methyl/N-ethyl adjacent to an activating group) is 1. The van der Waals surface area contributed by atoms with Crippen molar-refractivity contribution in [2.24, 2.45) is 0 Å². The van der Waals surface area contributed by atoms with Gasteiger partial charge in [0.1, 0.15) is 13.2 Å². The topological polar surface area (TPSA) is 71.1 Å². The third kappa shape index (κ3) is 13.6. The number of amides is 1. The standard InChI is InChI=1S/C17H34NO6/c1-5-8-21-12-13-24-15-17(20)18(3,4)7-11-22-9-6-10-23-14-16(2)19/h5-15H2,1-4H3/q+1. The molecule has 142 valence electrons. The van der Waals surface area contributed by atoms with Gasteiger partial charge in [0.25, 0.3) is 0 Å². The first-order valence-electron chi connectivity index (χ1n) is 8.57. The second-order valence-electron chi connectivity index (χ2n) is 6.19. The van der Waals surface area contributed by atoms with Crippen LogP contribution < -0.4 is 0 Å². The highest BCUT2D eigenvalue weighted by atomic mass is 16.5. The normalized spacial score (nSPS) is 11.7. The third-order valence-corrected chi connectivity index (χ3v) is 3.30. The van der Waals surface area contributed by atoms with Crippen LogP contribution in [0.2, 0.25) is 0 Å². The molecule has 0 spiro atoms. The van der Waals surface area contributed by atoms with Gasteiger partial charge in [0.2, 0.25) is 0 Å². The summed E-state index contributed by atoms with van der Waals surface area (Å²) in [6, 6.07) is 0. The third-order valence-electron chi connectivity index (χ3n) is 3.30. The molecule has 7 heteroatoms. The molecule has 0 fully saturated rings. The Balaban J connectivity index is 3.61. The summed E-state index contributed by atoms with van der Waals surface area (Å²) in [6.45, 7) is 7.59. The summed E-state index contributed by atoms with van der Waals surface area (Å²) >= 11 is 0. The van der Waals surface area contributed by atoms with Crippen LogP contribution in [-0.2, 0) is 28.5 Å². The van der Waals surface area contributed by atoms with Crippen molar-refractivity contribution in [2.45, 2.75) is 26.7 Å². The fourth-order valence-electron chi connectivity index (χ4n) is 1.70. The molecular formula is C17H34NO6+. The van der Waals surface area contributed by atoms with Crippen molar-refractivity contribution in [1.82, 2.24) is 0 Å². The zero-order valence-corrected chi connectivity index (χ0v) is 15.7. The predicted molar refractivity (Wildman–Crippen MR) is 90.8 cm³/mol. The summed E-state index contributed by atoms with van der Waals surface area (Å²) in [5.74, 6) is 0.0338. The summed E-state index contributed by atoms with van der Waals surface area (Å²) in [5.41, 5.74) is 0. The van der Waals surface area contributed by atoms with Gasteiger partial charge in [-0.2, -0.15) is 0 Å². The van der Waals surface area contributed by atoms with Crippen LogP contribution in [0.1, 0.15) is 26.7 Å². The number of hydrogen-bond acceptors (Lipinski definition) is 6. The zero-order chi connectivity index (χ0) is 18.3. The maximum atomic E-state index is 12.1. The highest BCUT2D eigenvalue weighted by molar-refractivity contribution is 5.76. The number of quaternary nitrogens is 1. The van der Waals surface area contributed by atoms with Gasteiger partial charge < -0.3 is 18.9 Å². The number of Topliss-reactive ketones (excluding diaryl/α,β-unsaturated/α-hetero) is 1. The van der Waals surface area contributed by atoms with E-state index in [4.69, 9.17) is 18.9 Å². The Kier molecular flexibility index (Phi) is 14.0. The second kappa shape index (κ2) is 14.5. The molecule has 0 unspecified atom stereocenters. The highest BCUT2D eigenvalue weighted by Crippen LogP contribution is 2.00. The molecule has 0 aromatic heterocycles. The van der Waals surface area contributed by atoms with Crippen molar-refractivity contribution in [3.8, 4) is 0 Å². The van der Waals surface area contributed by atoms with Crippen molar-refractivity contribution in [2.75, 3.05) is 73.5 Å². The molecule has 0 aliphatic carbocycles. The molecule has 0 saturated heterocycles. The van der Waals surface area contributed by atoms with Crippen molar-refractivity contribution < 1.29 is 33.0 Å². The van der Waals surface area contributed by atoms with E-state index < -0.39 is 0 Å². The van der Waals surface area contributed by atoms with Gasteiger partial charge in [0.05, 0.1) is 33.9 Å². The van der Waals surface area contributed by atoms with Gasteiger partial charge in [0, 0.05) is 19.8 Å². The van der Waals surface area contributed by atoms with E-state index in [1.165, 1.54) is 6.92 Å². The van der Waals surface area contributed by atoms with Gasteiger partial charge in [-0.15, -0.1) is 0 Å². The monoisotopic (exact) mass is 348 g/mol. The molecule has 0 atom stereocenters. The fourth-order valence-corrected chi connectivity index (χ4v) is 1.70. The molecule has 0 rings (SSSR count). The Morgan fingerprint density at radius 3 is 2.04 bits per heavy atom. The van der Waals surface area contributed by atoms with Crippen molar-refractivity contribution in [3.05, 3.63) is 0 Å². The highest BCUT2D eigenvalue weighted by Gasteiger charge is 2.25. The van der Waals surface area contributed by atoms with Crippen molar-refractivity contribution >= 4 is 11.7 Å². The van der Waals surface area contributed by atoms with E-state index >= 15 is 0 Å². The molecule has 0 aliphatic heterocycles. The quantitative estimate of drug-likeness (QED) is 0.307. The van der Waals surface area contributed by atoms with Crippen LogP contribution in [0.15, 0.2) is 0 Å². The van der Waals surface area contributed by atoms with Crippen LogP contribution in [0.5, 0.6) is 0 Å². The van der Waals surface area contributed by atoms with Crippen LogP contribution in [0.3, 0.4) is 0 Å². The van der Waals surface area contributed by atoms with E-state index in [1.807, 2.05) is 21.0 Å². The molecule has 0 aliphatic rings. The zero-order valence-electron chi connectivity index (χ0n) is 15.7. The number of ketones is 1. The Morgan fingerprint density at radius 1 is 0.792 bits per heavy atom. The summed E-state index contributed by atoms with van der Waals surface area (Å²) in [7, 11) is 3.69. The molecular weight excluding hydrogens is 314 g/mol. The largest absolute Gasteiger partial charge is 0.379 e. The first-order chi connectivity index (χ1) is 11.4. The first kappa shape index (κ1) is 23.1. The van der Waals surface area contributed by atoms with Gasteiger partial charge in [-0.1, -0.05) is 6.92 Å². The van der Waals surface area contributed by atoms with Crippen molar-refractivity contribution in [1.29, 1.82) is 0 Å². The first-order valence-corrected chi connectivity index (χ1v) is 8.57. The molecule has 24 heavy (non-hydrogen) atoms. The Morgan fingerprint density at radius 2 is 1.38 bits per heavy atom. The van der Waals surface area contributed by atoms with Gasteiger partial charge in [-0.05, 0) is 19.8 Å². The van der Waals surface area contributed by atoms with Gasteiger partial charge in [-0.25, -0.2) is 4.79 Å². The number of nitrogens with zero attached hydrogens (tertiary/aromatic N) is 1. The van der Waals surface area contributed by atoms with E-state index in [1.54, 1.807) is 0 Å². The molecule has 1 amide bonds. The number of ether oxygens (including phenoxy) is 4. The molecule has 0 aromatic rings. The number of hydrogen-bond donors (Lipinski definition) is 0. The summed E-state index contributed by atoms with van der Waals surface area (Å²) in [4.78, 5) is 22.8.